The highest BCUT2D eigenvalue weighted by Crippen LogP contribution is 2.31. The zero-order valence-electron chi connectivity index (χ0n) is 15.7. The summed E-state index contributed by atoms with van der Waals surface area (Å²) in [6.45, 7) is 0.590. The molecule has 0 radical (unpaired) electrons. The Kier molecular flexibility index (Phi) is 4.28. The molecule has 0 atom stereocenters. The number of aromatic nitrogens is 4. The van der Waals surface area contributed by atoms with Crippen LogP contribution in [0.3, 0.4) is 0 Å². The van der Waals surface area contributed by atoms with Crippen molar-refractivity contribution >= 4 is 33.2 Å². The van der Waals surface area contributed by atoms with Crippen LogP contribution in [0.4, 0.5) is 5.69 Å². The van der Waals surface area contributed by atoms with E-state index >= 15 is 0 Å². The Balaban J connectivity index is 1.44. The van der Waals surface area contributed by atoms with Crippen molar-refractivity contribution in [2.45, 2.75) is 6.42 Å². The average molecular weight is 449 g/mol. The molecule has 4 aromatic rings. The van der Waals surface area contributed by atoms with Crippen LogP contribution in [0.1, 0.15) is 16.1 Å². The minimum atomic E-state index is -0.141. The maximum atomic E-state index is 13.1. The molecule has 0 spiro atoms. The quantitative estimate of drug-likeness (QED) is 0.468. The molecule has 8 heteroatoms. The van der Waals surface area contributed by atoms with Gasteiger partial charge in [-0.3, -0.25) is 14.8 Å². The Morgan fingerprint density at radius 3 is 2.76 bits per heavy atom. The summed E-state index contributed by atoms with van der Waals surface area (Å²) in [6, 6.07) is 12.0. The van der Waals surface area contributed by atoms with Crippen LogP contribution in [-0.4, -0.2) is 44.1 Å². The number of fused-ring (bicyclic) bond motifs is 2. The second-order valence-corrected chi connectivity index (χ2v) is 7.80. The molecule has 144 valence electrons. The number of amides is 1. The van der Waals surface area contributed by atoms with Crippen molar-refractivity contribution < 1.29 is 4.79 Å². The van der Waals surface area contributed by atoms with Gasteiger partial charge < -0.3 is 0 Å². The summed E-state index contributed by atoms with van der Waals surface area (Å²) in [7, 11) is 1.91. The van der Waals surface area contributed by atoms with Crippen molar-refractivity contribution in [2.24, 2.45) is 0 Å². The van der Waals surface area contributed by atoms with E-state index in [9.17, 15) is 4.79 Å². The van der Waals surface area contributed by atoms with E-state index in [1.807, 2.05) is 24.2 Å². The summed E-state index contributed by atoms with van der Waals surface area (Å²) in [6.07, 6.45) is 7.85. The standard InChI is InChI=1S/C21H17BrN6O/c1-26-19-3-2-15(14-4-7-23-8-5-14)10-16(19)6-9-28(26)21(29)18-11-20-24-12-17(22)13-27(20)25-18/h2-5,7-8,10-13H,6,9H2,1H3. The number of benzene rings is 1. The van der Waals surface area contributed by atoms with Gasteiger partial charge in [-0.25, -0.2) is 14.5 Å². The highest BCUT2D eigenvalue weighted by atomic mass is 79.9. The van der Waals surface area contributed by atoms with Crippen molar-refractivity contribution in [3.63, 3.8) is 0 Å². The molecule has 4 heterocycles. The average Bonchev–Trinajstić information content (AvgIpc) is 3.17. The van der Waals surface area contributed by atoms with E-state index in [1.54, 1.807) is 40.4 Å². The van der Waals surface area contributed by atoms with E-state index in [-0.39, 0.29) is 5.91 Å². The number of nitrogens with zero attached hydrogens (tertiary/aromatic N) is 6. The lowest BCUT2D eigenvalue weighted by atomic mass is 9.99. The molecule has 1 aliphatic rings. The third kappa shape index (κ3) is 3.15. The van der Waals surface area contributed by atoms with Crippen LogP contribution < -0.4 is 5.01 Å². The van der Waals surface area contributed by atoms with Crippen molar-refractivity contribution in [3.8, 4) is 11.1 Å². The van der Waals surface area contributed by atoms with Crippen LogP contribution in [0, 0.1) is 0 Å². The largest absolute Gasteiger partial charge is 0.292 e. The predicted octanol–water partition coefficient (Wildman–Crippen LogP) is 3.60. The molecule has 1 amide bonds. The summed E-state index contributed by atoms with van der Waals surface area (Å²) in [5.74, 6) is -0.141. The first-order valence-electron chi connectivity index (χ1n) is 9.20. The zero-order chi connectivity index (χ0) is 20.0. The molecule has 0 unspecified atom stereocenters. The van der Waals surface area contributed by atoms with Crippen LogP contribution in [0.5, 0.6) is 0 Å². The number of hydrazine groups is 1. The Morgan fingerprint density at radius 1 is 1.10 bits per heavy atom. The molecule has 7 nitrogen and oxygen atoms in total. The van der Waals surface area contributed by atoms with Gasteiger partial charge in [0.15, 0.2) is 11.3 Å². The van der Waals surface area contributed by atoms with Crippen molar-refractivity contribution in [3.05, 3.63) is 76.9 Å². The summed E-state index contributed by atoms with van der Waals surface area (Å²) in [5, 5.41) is 8.03. The van der Waals surface area contributed by atoms with Gasteiger partial charge in [-0.15, -0.1) is 0 Å². The molecule has 0 N–H and O–H groups in total. The van der Waals surface area contributed by atoms with Crippen molar-refractivity contribution in [2.75, 3.05) is 18.6 Å². The second kappa shape index (κ2) is 6.97. The summed E-state index contributed by atoms with van der Waals surface area (Å²) in [5.41, 5.74) is 5.53. The normalized spacial score (nSPS) is 13.6. The lowest BCUT2D eigenvalue weighted by Crippen LogP contribution is -2.48. The molecule has 0 bridgehead atoms. The molecule has 3 aromatic heterocycles. The third-order valence-corrected chi connectivity index (χ3v) is 5.54. The SMILES string of the molecule is CN1c2ccc(-c3ccncc3)cc2CCN1C(=O)c1cc2ncc(Br)cn2n1. The lowest BCUT2D eigenvalue weighted by molar-refractivity contribution is 0.0732. The van der Waals surface area contributed by atoms with E-state index < -0.39 is 0 Å². The van der Waals surface area contributed by atoms with Gasteiger partial charge in [-0.1, -0.05) is 6.07 Å². The van der Waals surface area contributed by atoms with Crippen LogP contribution >= 0.6 is 15.9 Å². The number of carbonyl (C=O) groups excluding carboxylic acids is 1. The number of rotatable bonds is 2. The van der Waals surface area contributed by atoms with Gasteiger partial charge in [0.05, 0.1) is 10.2 Å². The highest BCUT2D eigenvalue weighted by molar-refractivity contribution is 9.10. The Morgan fingerprint density at radius 2 is 1.93 bits per heavy atom. The Labute approximate surface area is 175 Å². The second-order valence-electron chi connectivity index (χ2n) is 6.89. The van der Waals surface area contributed by atoms with Gasteiger partial charge in [0.2, 0.25) is 0 Å². The summed E-state index contributed by atoms with van der Waals surface area (Å²) >= 11 is 3.38. The molecular weight excluding hydrogens is 432 g/mol. The summed E-state index contributed by atoms with van der Waals surface area (Å²) < 4.78 is 2.41. The number of hydrogen-bond acceptors (Lipinski definition) is 5. The van der Waals surface area contributed by atoms with E-state index in [2.05, 4.69) is 49.2 Å². The van der Waals surface area contributed by atoms with Crippen LogP contribution in [0.25, 0.3) is 16.8 Å². The molecule has 1 aromatic carbocycles. The Bertz CT molecular complexity index is 1220. The monoisotopic (exact) mass is 448 g/mol. The topological polar surface area (TPSA) is 66.6 Å². The summed E-state index contributed by atoms with van der Waals surface area (Å²) in [4.78, 5) is 21.5. The minimum Gasteiger partial charge on any atom is -0.285 e. The number of halogens is 1. The molecule has 0 saturated carbocycles. The van der Waals surface area contributed by atoms with Gasteiger partial charge in [-0.2, -0.15) is 5.10 Å². The fourth-order valence-corrected chi connectivity index (χ4v) is 3.96. The minimum absolute atomic E-state index is 0.141. The van der Waals surface area contributed by atoms with E-state index in [4.69, 9.17) is 0 Å². The van der Waals surface area contributed by atoms with Gasteiger partial charge >= 0.3 is 0 Å². The van der Waals surface area contributed by atoms with E-state index in [0.29, 0.717) is 17.9 Å². The molecule has 1 aliphatic heterocycles. The van der Waals surface area contributed by atoms with Crippen molar-refractivity contribution in [1.82, 2.24) is 24.6 Å². The van der Waals surface area contributed by atoms with Gasteiger partial charge in [0.25, 0.3) is 5.91 Å². The highest BCUT2D eigenvalue weighted by Gasteiger charge is 2.28. The van der Waals surface area contributed by atoms with Gasteiger partial charge in [0, 0.05) is 44.4 Å². The first-order valence-corrected chi connectivity index (χ1v) is 9.99. The molecule has 0 aliphatic carbocycles. The van der Waals surface area contributed by atoms with Gasteiger partial charge in [0.1, 0.15) is 0 Å². The number of carbonyl (C=O) groups is 1. The molecule has 5 rings (SSSR count). The first kappa shape index (κ1) is 17.8. The molecule has 0 fully saturated rings. The fraction of sp³-hybridized carbons (Fsp3) is 0.143. The number of pyridine rings is 1. The van der Waals surface area contributed by atoms with E-state index in [0.717, 1.165) is 27.7 Å². The maximum absolute atomic E-state index is 13.1. The lowest BCUT2D eigenvalue weighted by Gasteiger charge is -2.38. The predicted molar refractivity (Wildman–Crippen MR) is 114 cm³/mol. The van der Waals surface area contributed by atoms with Crippen LogP contribution in [0.15, 0.2) is 65.7 Å². The molecule has 0 saturated heterocycles. The van der Waals surface area contributed by atoms with E-state index in [1.165, 1.54) is 5.56 Å². The Hall–Kier alpha value is -3.26. The molecule has 29 heavy (non-hydrogen) atoms. The third-order valence-electron chi connectivity index (χ3n) is 5.13. The van der Waals surface area contributed by atoms with Crippen LogP contribution in [0.2, 0.25) is 0 Å². The fourth-order valence-electron chi connectivity index (χ4n) is 3.66. The zero-order valence-corrected chi connectivity index (χ0v) is 17.2. The van der Waals surface area contributed by atoms with Crippen LogP contribution in [-0.2, 0) is 6.42 Å². The first-order chi connectivity index (χ1) is 14.1. The number of anilines is 1. The van der Waals surface area contributed by atoms with Crippen molar-refractivity contribution in [1.29, 1.82) is 0 Å². The molecular formula is C21H17BrN6O. The maximum Gasteiger partial charge on any atom is 0.292 e. The van der Waals surface area contributed by atoms with Gasteiger partial charge in [-0.05, 0) is 63.3 Å². The number of hydrogen-bond donors (Lipinski definition) is 0. The smallest absolute Gasteiger partial charge is 0.285 e.